The van der Waals surface area contributed by atoms with Crippen LogP contribution >= 0.6 is 15.9 Å². The molecule has 2 aromatic heterocycles. The molecule has 6 heteroatoms. The number of carbonyl (C=O) groups is 1. The molecule has 0 atom stereocenters. The van der Waals surface area contributed by atoms with Crippen LogP contribution in [0.15, 0.2) is 57.7 Å². The van der Waals surface area contributed by atoms with E-state index in [2.05, 4.69) is 38.1 Å². The van der Waals surface area contributed by atoms with Crippen LogP contribution in [0, 0.1) is 11.8 Å². The summed E-state index contributed by atoms with van der Waals surface area (Å²) in [6.45, 7) is 0.437. The molecule has 1 N–H and O–H groups in total. The van der Waals surface area contributed by atoms with Crippen LogP contribution in [-0.4, -0.2) is 24.0 Å². The number of para-hydroxylation sites is 1. The summed E-state index contributed by atoms with van der Waals surface area (Å²) >= 11 is 3.15. The first-order chi connectivity index (χ1) is 11.7. The van der Waals surface area contributed by atoms with E-state index < -0.39 is 0 Å². The van der Waals surface area contributed by atoms with E-state index in [4.69, 9.17) is 9.15 Å². The summed E-state index contributed by atoms with van der Waals surface area (Å²) in [6.07, 6.45) is 1.73. The molecule has 3 rings (SSSR count). The van der Waals surface area contributed by atoms with E-state index >= 15 is 0 Å². The average Bonchev–Trinajstić information content (AvgIpc) is 3.04. The summed E-state index contributed by atoms with van der Waals surface area (Å²) < 4.78 is 11.3. The number of hydrogen-bond acceptors (Lipinski definition) is 4. The molecule has 0 radical (unpaired) electrons. The largest absolute Gasteiger partial charge is 0.479 e. The van der Waals surface area contributed by atoms with Crippen LogP contribution in [0.5, 0.6) is 5.75 Å². The Morgan fingerprint density at radius 3 is 2.92 bits per heavy atom. The minimum absolute atomic E-state index is 0.217. The first-order valence-electron chi connectivity index (χ1n) is 7.20. The highest BCUT2D eigenvalue weighted by molar-refractivity contribution is 9.10. The van der Waals surface area contributed by atoms with Crippen LogP contribution in [0.3, 0.4) is 0 Å². The fourth-order valence-electron chi connectivity index (χ4n) is 2.07. The molecule has 0 bridgehead atoms. The van der Waals surface area contributed by atoms with Crippen LogP contribution in [-0.2, 0) is 0 Å². The lowest BCUT2D eigenvalue weighted by Crippen LogP contribution is -2.23. The lowest BCUT2D eigenvalue weighted by Gasteiger charge is -2.05. The lowest BCUT2D eigenvalue weighted by molar-refractivity contribution is 0.0930. The number of amides is 1. The Kier molecular flexibility index (Phi) is 5.14. The summed E-state index contributed by atoms with van der Waals surface area (Å²) in [4.78, 5) is 16.0. The second kappa shape index (κ2) is 7.66. The maximum absolute atomic E-state index is 11.7. The molecule has 0 saturated carbocycles. The standard InChI is InChI=1S/C18H13BrN2O3/c19-16-9-8-15(24-16)18(22)21-10-1-2-12-23-14-7-3-5-13-6-4-11-20-17(13)14/h3-9,11H,10,12H2,(H,21,22). The number of halogens is 1. The molecule has 3 aromatic rings. The molecule has 120 valence electrons. The molecule has 1 amide bonds. The molecular weight excluding hydrogens is 372 g/mol. The molecule has 0 aliphatic carbocycles. The number of rotatable bonds is 4. The Morgan fingerprint density at radius 1 is 1.21 bits per heavy atom. The third kappa shape index (κ3) is 3.94. The number of ether oxygens (including phenoxy) is 1. The van der Waals surface area contributed by atoms with E-state index in [-0.39, 0.29) is 24.8 Å². The van der Waals surface area contributed by atoms with Gasteiger partial charge in [0, 0.05) is 11.6 Å². The lowest BCUT2D eigenvalue weighted by atomic mass is 10.2. The molecule has 0 saturated heterocycles. The van der Waals surface area contributed by atoms with Crippen molar-refractivity contribution in [3.05, 3.63) is 59.1 Å². The van der Waals surface area contributed by atoms with Gasteiger partial charge in [-0.15, -0.1) is 0 Å². The summed E-state index contributed by atoms with van der Waals surface area (Å²) in [7, 11) is 0. The zero-order chi connectivity index (χ0) is 16.8. The number of furan rings is 1. The van der Waals surface area contributed by atoms with Gasteiger partial charge < -0.3 is 14.5 Å². The molecule has 0 fully saturated rings. The second-order valence-electron chi connectivity index (χ2n) is 4.76. The van der Waals surface area contributed by atoms with Crippen molar-refractivity contribution in [2.24, 2.45) is 0 Å². The van der Waals surface area contributed by atoms with Crippen molar-refractivity contribution >= 4 is 32.7 Å². The number of aromatic nitrogens is 1. The molecule has 5 nitrogen and oxygen atoms in total. The van der Waals surface area contributed by atoms with Gasteiger partial charge in [0.25, 0.3) is 5.91 Å². The van der Waals surface area contributed by atoms with Crippen molar-refractivity contribution in [1.29, 1.82) is 0 Å². The topological polar surface area (TPSA) is 64.4 Å². The first-order valence-corrected chi connectivity index (χ1v) is 7.99. The van der Waals surface area contributed by atoms with Gasteiger partial charge in [-0.3, -0.25) is 9.78 Å². The number of nitrogens with one attached hydrogen (secondary N) is 1. The Bertz CT molecular complexity index is 919. The molecular formula is C18H13BrN2O3. The number of nitrogens with zero attached hydrogens (tertiary/aromatic N) is 1. The third-order valence-electron chi connectivity index (χ3n) is 3.15. The number of pyridine rings is 1. The van der Waals surface area contributed by atoms with Gasteiger partial charge >= 0.3 is 0 Å². The Labute approximate surface area is 147 Å². The van der Waals surface area contributed by atoms with Gasteiger partial charge in [0.05, 0.1) is 6.54 Å². The van der Waals surface area contributed by atoms with Crippen molar-refractivity contribution in [3.8, 4) is 17.6 Å². The summed E-state index contributed by atoms with van der Waals surface area (Å²) in [5.74, 6) is 6.30. The minimum atomic E-state index is -0.311. The molecule has 1 aromatic carbocycles. The van der Waals surface area contributed by atoms with Gasteiger partial charge in [-0.2, -0.15) is 0 Å². The van der Waals surface area contributed by atoms with Gasteiger partial charge in [-0.05, 0) is 40.2 Å². The molecule has 24 heavy (non-hydrogen) atoms. The fourth-order valence-corrected chi connectivity index (χ4v) is 2.37. The summed E-state index contributed by atoms with van der Waals surface area (Å²) in [5, 5.41) is 3.66. The zero-order valence-electron chi connectivity index (χ0n) is 12.6. The quantitative estimate of drug-likeness (QED) is 0.700. The van der Waals surface area contributed by atoms with Crippen LogP contribution in [0.1, 0.15) is 10.6 Å². The average molecular weight is 385 g/mol. The van der Waals surface area contributed by atoms with Crippen LogP contribution in [0.4, 0.5) is 0 Å². The van der Waals surface area contributed by atoms with Gasteiger partial charge in [0.1, 0.15) is 17.9 Å². The Morgan fingerprint density at radius 2 is 2.08 bits per heavy atom. The predicted octanol–water partition coefficient (Wildman–Crippen LogP) is 3.40. The number of carbonyl (C=O) groups excluding carboxylic acids is 1. The second-order valence-corrected chi connectivity index (χ2v) is 5.54. The maximum atomic E-state index is 11.7. The van der Waals surface area contributed by atoms with Gasteiger partial charge in [-0.1, -0.05) is 30.0 Å². The Hall–Kier alpha value is -2.78. The van der Waals surface area contributed by atoms with E-state index in [1.807, 2.05) is 30.3 Å². The van der Waals surface area contributed by atoms with E-state index in [0.29, 0.717) is 10.4 Å². The number of fused-ring (bicyclic) bond motifs is 1. The van der Waals surface area contributed by atoms with E-state index in [9.17, 15) is 4.79 Å². The van der Waals surface area contributed by atoms with Crippen LogP contribution in [0.2, 0.25) is 0 Å². The van der Waals surface area contributed by atoms with E-state index in [1.54, 1.807) is 18.3 Å². The zero-order valence-corrected chi connectivity index (χ0v) is 14.2. The molecule has 2 heterocycles. The summed E-state index contributed by atoms with van der Waals surface area (Å²) in [5.41, 5.74) is 0.804. The van der Waals surface area contributed by atoms with E-state index in [0.717, 1.165) is 10.9 Å². The smallest absolute Gasteiger partial charge is 0.287 e. The van der Waals surface area contributed by atoms with Crippen LogP contribution in [0.25, 0.3) is 10.9 Å². The van der Waals surface area contributed by atoms with Gasteiger partial charge in [0.15, 0.2) is 10.4 Å². The monoisotopic (exact) mass is 384 g/mol. The predicted molar refractivity (Wildman–Crippen MR) is 93.8 cm³/mol. The van der Waals surface area contributed by atoms with Crippen molar-refractivity contribution in [2.75, 3.05) is 13.2 Å². The molecule has 0 aliphatic rings. The highest BCUT2D eigenvalue weighted by Crippen LogP contribution is 2.22. The Balaban J connectivity index is 1.50. The van der Waals surface area contributed by atoms with Crippen molar-refractivity contribution < 1.29 is 13.9 Å². The number of hydrogen-bond donors (Lipinski definition) is 1. The highest BCUT2D eigenvalue weighted by Gasteiger charge is 2.08. The highest BCUT2D eigenvalue weighted by atomic mass is 79.9. The minimum Gasteiger partial charge on any atom is -0.479 e. The fraction of sp³-hybridized carbons (Fsp3) is 0.111. The third-order valence-corrected chi connectivity index (χ3v) is 3.58. The molecule has 0 aliphatic heterocycles. The SMILES string of the molecule is O=C(NCC#CCOc1cccc2cccnc12)c1ccc(Br)o1. The normalized spacial score (nSPS) is 10.0. The first kappa shape index (κ1) is 16.1. The van der Waals surface area contributed by atoms with Crippen molar-refractivity contribution in [1.82, 2.24) is 10.3 Å². The number of benzene rings is 1. The molecule has 0 unspecified atom stereocenters. The molecule has 0 spiro atoms. The maximum Gasteiger partial charge on any atom is 0.287 e. The van der Waals surface area contributed by atoms with Crippen molar-refractivity contribution in [2.45, 2.75) is 0 Å². The van der Waals surface area contributed by atoms with Gasteiger partial charge in [-0.25, -0.2) is 0 Å². The van der Waals surface area contributed by atoms with E-state index in [1.165, 1.54) is 0 Å². The van der Waals surface area contributed by atoms with Gasteiger partial charge in [0.2, 0.25) is 0 Å². The van der Waals surface area contributed by atoms with Crippen LogP contribution < -0.4 is 10.1 Å². The van der Waals surface area contributed by atoms with Crippen molar-refractivity contribution in [3.63, 3.8) is 0 Å². The summed E-state index contributed by atoms with van der Waals surface area (Å²) in [6, 6.07) is 12.8.